The van der Waals surface area contributed by atoms with Crippen LogP contribution in [0.5, 0.6) is 5.75 Å². The van der Waals surface area contributed by atoms with Crippen molar-refractivity contribution in [2.45, 2.75) is 19.0 Å². The highest BCUT2D eigenvalue weighted by Gasteiger charge is 2.31. The van der Waals surface area contributed by atoms with Crippen LogP contribution in [0, 0.1) is 5.92 Å². The van der Waals surface area contributed by atoms with Crippen molar-refractivity contribution in [1.29, 1.82) is 0 Å². The molecule has 0 aromatic heterocycles. The van der Waals surface area contributed by atoms with Crippen LogP contribution in [0.25, 0.3) is 0 Å². The number of carbonyl (C=O) groups is 2. The van der Waals surface area contributed by atoms with E-state index in [4.69, 9.17) is 5.11 Å². The number of benzene rings is 1. The smallest absolute Gasteiger partial charge is 0.422 e. The van der Waals surface area contributed by atoms with Crippen molar-refractivity contribution in [1.82, 2.24) is 4.90 Å². The Morgan fingerprint density at radius 1 is 1.35 bits per heavy atom. The first-order valence-electron chi connectivity index (χ1n) is 7.03. The summed E-state index contributed by atoms with van der Waals surface area (Å²) >= 11 is 0. The zero-order chi connectivity index (χ0) is 17.0. The number of likely N-dealkylation sites (tertiary alicyclic amines) is 1. The lowest BCUT2D eigenvalue weighted by atomic mass is 10.1. The normalized spacial score (nSPS) is 18.0. The standard InChI is InChI=1S/C15H16F3NO4/c16-15(17,18)9-23-12-3-1-2-10(6-12)7-13(20)19-5-4-11(8-19)14(21)22/h1-3,6,11H,4-5,7-9H2,(H,21,22). The van der Waals surface area contributed by atoms with Gasteiger partial charge in [-0.2, -0.15) is 13.2 Å². The molecular formula is C15H16F3NO4. The number of halogens is 3. The van der Waals surface area contributed by atoms with Crippen LogP contribution in [0.3, 0.4) is 0 Å². The number of alkyl halides is 3. The lowest BCUT2D eigenvalue weighted by Crippen LogP contribution is -2.31. The summed E-state index contributed by atoms with van der Waals surface area (Å²) in [5.74, 6) is -1.69. The highest BCUT2D eigenvalue weighted by molar-refractivity contribution is 5.80. The van der Waals surface area contributed by atoms with Gasteiger partial charge in [-0.3, -0.25) is 9.59 Å². The highest BCUT2D eigenvalue weighted by Crippen LogP contribution is 2.21. The third kappa shape index (κ3) is 5.15. The highest BCUT2D eigenvalue weighted by atomic mass is 19.4. The Morgan fingerprint density at radius 3 is 2.70 bits per heavy atom. The third-order valence-electron chi connectivity index (χ3n) is 3.55. The molecule has 1 aliphatic heterocycles. The fraction of sp³-hybridized carbons (Fsp3) is 0.467. The molecule has 0 bridgehead atoms. The molecule has 1 atom stereocenters. The minimum Gasteiger partial charge on any atom is -0.484 e. The molecule has 126 valence electrons. The second-order valence-corrected chi connectivity index (χ2v) is 5.39. The van der Waals surface area contributed by atoms with E-state index in [0.717, 1.165) is 0 Å². The van der Waals surface area contributed by atoms with E-state index in [1.165, 1.54) is 23.1 Å². The predicted molar refractivity (Wildman–Crippen MR) is 74.0 cm³/mol. The average Bonchev–Trinajstić information content (AvgIpc) is 2.95. The lowest BCUT2D eigenvalue weighted by molar-refractivity contribution is -0.153. The number of carboxylic acid groups (broad SMARTS) is 1. The molecule has 1 saturated heterocycles. The molecule has 1 amide bonds. The van der Waals surface area contributed by atoms with Gasteiger partial charge in [0.1, 0.15) is 5.75 Å². The quantitative estimate of drug-likeness (QED) is 0.897. The Morgan fingerprint density at radius 2 is 2.09 bits per heavy atom. The molecule has 1 N–H and O–H groups in total. The average molecular weight is 331 g/mol. The fourth-order valence-electron chi connectivity index (χ4n) is 2.39. The number of amides is 1. The van der Waals surface area contributed by atoms with Crippen LogP contribution in [0.15, 0.2) is 24.3 Å². The molecule has 1 fully saturated rings. The van der Waals surface area contributed by atoms with Crippen molar-refractivity contribution < 1.29 is 32.6 Å². The van der Waals surface area contributed by atoms with Gasteiger partial charge < -0.3 is 14.7 Å². The van der Waals surface area contributed by atoms with Crippen LogP contribution in [-0.4, -0.2) is 47.8 Å². The zero-order valence-corrected chi connectivity index (χ0v) is 12.2. The van der Waals surface area contributed by atoms with Gasteiger partial charge in [0.05, 0.1) is 12.3 Å². The fourth-order valence-corrected chi connectivity index (χ4v) is 2.39. The van der Waals surface area contributed by atoms with Crippen molar-refractivity contribution >= 4 is 11.9 Å². The van der Waals surface area contributed by atoms with Gasteiger partial charge in [0.25, 0.3) is 0 Å². The van der Waals surface area contributed by atoms with Crippen LogP contribution in [-0.2, 0) is 16.0 Å². The largest absolute Gasteiger partial charge is 0.484 e. The summed E-state index contributed by atoms with van der Waals surface area (Å²) in [5.41, 5.74) is 0.522. The summed E-state index contributed by atoms with van der Waals surface area (Å²) in [5, 5.41) is 8.92. The van der Waals surface area contributed by atoms with Gasteiger partial charge in [0.15, 0.2) is 6.61 Å². The van der Waals surface area contributed by atoms with Crippen molar-refractivity contribution in [3.8, 4) is 5.75 Å². The van der Waals surface area contributed by atoms with Crippen molar-refractivity contribution in [3.05, 3.63) is 29.8 Å². The Hall–Kier alpha value is -2.25. The number of carbonyl (C=O) groups excluding carboxylic acids is 1. The van der Waals surface area contributed by atoms with Gasteiger partial charge in [-0.25, -0.2) is 0 Å². The summed E-state index contributed by atoms with van der Waals surface area (Å²) in [6, 6.07) is 5.89. The van der Waals surface area contributed by atoms with Gasteiger partial charge in [-0.1, -0.05) is 12.1 Å². The molecule has 2 rings (SSSR count). The molecule has 1 heterocycles. The van der Waals surface area contributed by atoms with Gasteiger partial charge >= 0.3 is 12.1 Å². The van der Waals surface area contributed by atoms with E-state index in [1.807, 2.05) is 0 Å². The first-order valence-corrected chi connectivity index (χ1v) is 7.03. The van der Waals surface area contributed by atoms with E-state index in [0.29, 0.717) is 18.5 Å². The van der Waals surface area contributed by atoms with E-state index in [9.17, 15) is 22.8 Å². The number of hydrogen-bond donors (Lipinski definition) is 1. The molecule has 8 heteroatoms. The molecule has 1 aromatic carbocycles. The molecule has 1 aliphatic rings. The number of aliphatic carboxylic acids is 1. The van der Waals surface area contributed by atoms with Gasteiger partial charge in [-0.05, 0) is 24.1 Å². The summed E-state index contributed by atoms with van der Waals surface area (Å²) < 4.78 is 41.0. The van der Waals surface area contributed by atoms with Crippen LogP contribution in [0.4, 0.5) is 13.2 Å². The predicted octanol–water partition coefficient (Wildman–Crippen LogP) is 2.10. The van der Waals surface area contributed by atoms with E-state index in [-0.39, 0.29) is 24.6 Å². The SMILES string of the molecule is O=C(O)C1CCN(C(=O)Cc2cccc(OCC(F)(F)F)c2)C1. The van der Waals surface area contributed by atoms with Gasteiger partial charge in [-0.15, -0.1) is 0 Å². The zero-order valence-electron chi connectivity index (χ0n) is 12.2. The van der Waals surface area contributed by atoms with Crippen LogP contribution < -0.4 is 4.74 Å². The Balaban J connectivity index is 1.92. The second kappa shape index (κ2) is 6.89. The Kier molecular flexibility index (Phi) is 5.12. The molecule has 0 spiro atoms. The maximum Gasteiger partial charge on any atom is 0.422 e. The third-order valence-corrected chi connectivity index (χ3v) is 3.55. The summed E-state index contributed by atoms with van der Waals surface area (Å²) in [4.78, 5) is 24.5. The number of ether oxygens (including phenoxy) is 1. The number of carboxylic acids is 1. The van der Waals surface area contributed by atoms with Crippen LogP contribution >= 0.6 is 0 Å². The van der Waals surface area contributed by atoms with E-state index in [2.05, 4.69) is 4.74 Å². The lowest BCUT2D eigenvalue weighted by Gasteiger charge is -2.16. The Bertz CT molecular complexity index is 588. The molecule has 0 saturated carbocycles. The first-order chi connectivity index (χ1) is 10.7. The maximum atomic E-state index is 12.1. The molecule has 1 unspecified atom stereocenters. The minimum atomic E-state index is -4.42. The molecule has 0 aliphatic carbocycles. The van der Waals surface area contributed by atoms with Crippen LogP contribution in [0.1, 0.15) is 12.0 Å². The van der Waals surface area contributed by atoms with E-state index in [1.54, 1.807) is 6.07 Å². The summed E-state index contributed by atoms with van der Waals surface area (Å²) in [6.45, 7) is -0.852. The molecular weight excluding hydrogens is 315 g/mol. The molecule has 5 nitrogen and oxygen atoms in total. The summed E-state index contributed by atoms with van der Waals surface area (Å²) in [6.07, 6.45) is -4.02. The maximum absolute atomic E-state index is 12.1. The first kappa shape index (κ1) is 17.1. The monoisotopic (exact) mass is 331 g/mol. The van der Waals surface area contributed by atoms with Gasteiger partial charge in [0.2, 0.25) is 5.91 Å². The van der Waals surface area contributed by atoms with E-state index >= 15 is 0 Å². The number of nitrogens with zero attached hydrogens (tertiary/aromatic N) is 1. The minimum absolute atomic E-state index is 0.00441. The van der Waals surface area contributed by atoms with Gasteiger partial charge in [0, 0.05) is 13.1 Å². The number of hydrogen-bond acceptors (Lipinski definition) is 3. The van der Waals surface area contributed by atoms with Crippen molar-refractivity contribution in [2.75, 3.05) is 19.7 Å². The second-order valence-electron chi connectivity index (χ2n) is 5.39. The summed E-state index contributed by atoms with van der Waals surface area (Å²) in [7, 11) is 0. The van der Waals surface area contributed by atoms with Crippen molar-refractivity contribution in [3.63, 3.8) is 0 Å². The Labute approximate surface area is 130 Å². The molecule has 0 radical (unpaired) electrons. The molecule has 1 aromatic rings. The number of rotatable bonds is 5. The van der Waals surface area contributed by atoms with Crippen molar-refractivity contribution in [2.24, 2.45) is 5.92 Å². The topological polar surface area (TPSA) is 66.8 Å². The van der Waals surface area contributed by atoms with Crippen LogP contribution in [0.2, 0.25) is 0 Å². The van der Waals surface area contributed by atoms with E-state index < -0.39 is 24.7 Å². The molecule has 23 heavy (non-hydrogen) atoms.